The van der Waals surface area contributed by atoms with Crippen LogP contribution in [0.25, 0.3) is 0 Å². The van der Waals surface area contributed by atoms with E-state index in [-0.39, 0.29) is 18.1 Å². The number of sulfone groups is 1. The summed E-state index contributed by atoms with van der Waals surface area (Å²) in [7, 11) is -3.04. The van der Waals surface area contributed by atoms with Crippen molar-refractivity contribution in [2.45, 2.75) is 6.92 Å². The number of halogens is 2. The van der Waals surface area contributed by atoms with E-state index in [4.69, 9.17) is 4.74 Å². The summed E-state index contributed by atoms with van der Waals surface area (Å²) in [6, 6.07) is 4.30. The maximum atomic E-state index is 13.1. The predicted octanol–water partition coefficient (Wildman–Crippen LogP) is 2.40. The standard InChI is InChI=1S/C10H12BrFO3S/c1-2-16(13,14)6-5-15-8-3-4-9(11)10(12)7-8/h3-4,7H,2,5-6H2,1H3. The Kier molecular flexibility index (Phi) is 4.73. The molecule has 0 fully saturated rings. The number of hydrogen-bond acceptors (Lipinski definition) is 3. The van der Waals surface area contributed by atoms with Crippen molar-refractivity contribution in [1.82, 2.24) is 0 Å². The highest BCUT2D eigenvalue weighted by molar-refractivity contribution is 9.10. The molecule has 0 aliphatic rings. The third-order valence-electron chi connectivity index (χ3n) is 1.99. The van der Waals surface area contributed by atoms with Crippen LogP contribution in [-0.4, -0.2) is 26.5 Å². The Morgan fingerprint density at radius 2 is 2.12 bits per heavy atom. The Morgan fingerprint density at radius 3 is 2.69 bits per heavy atom. The van der Waals surface area contributed by atoms with E-state index < -0.39 is 15.7 Å². The van der Waals surface area contributed by atoms with Gasteiger partial charge in [-0.15, -0.1) is 0 Å². The SMILES string of the molecule is CCS(=O)(=O)CCOc1ccc(Br)c(F)c1. The highest BCUT2D eigenvalue weighted by atomic mass is 79.9. The summed E-state index contributed by atoms with van der Waals surface area (Å²) in [6.45, 7) is 1.62. The maximum Gasteiger partial charge on any atom is 0.153 e. The molecule has 0 aliphatic heterocycles. The van der Waals surface area contributed by atoms with Gasteiger partial charge in [-0.3, -0.25) is 0 Å². The second-order valence-electron chi connectivity index (χ2n) is 3.16. The first kappa shape index (κ1) is 13.4. The molecule has 0 saturated carbocycles. The molecule has 6 heteroatoms. The first-order valence-corrected chi connectivity index (χ1v) is 7.34. The summed E-state index contributed by atoms with van der Waals surface area (Å²) < 4.78 is 40.8. The van der Waals surface area contributed by atoms with E-state index >= 15 is 0 Å². The Hall–Kier alpha value is -0.620. The van der Waals surface area contributed by atoms with Crippen molar-refractivity contribution in [1.29, 1.82) is 0 Å². The van der Waals surface area contributed by atoms with Crippen LogP contribution >= 0.6 is 15.9 Å². The van der Waals surface area contributed by atoms with Crippen LogP contribution < -0.4 is 4.74 Å². The lowest BCUT2D eigenvalue weighted by molar-refractivity contribution is 0.339. The lowest BCUT2D eigenvalue weighted by Gasteiger charge is -2.06. The quantitative estimate of drug-likeness (QED) is 0.839. The van der Waals surface area contributed by atoms with Gasteiger partial charge in [-0.05, 0) is 28.1 Å². The Bertz CT molecular complexity index is 459. The maximum absolute atomic E-state index is 13.1. The fraction of sp³-hybridized carbons (Fsp3) is 0.400. The minimum absolute atomic E-state index is 0.0389. The molecule has 0 spiro atoms. The molecule has 90 valence electrons. The predicted molar refractivity (Wildman–Crippen MR) is 63.9 cm³/mol. The van der Waals surface area contributed by atoms with E-state index in [1.165, 1.54) is 12.1 Å². The van der Waals surface area contributed by atoms with Gasteiger partial charge in [0.05, 0.1) is 10.2 Å². The van der Waals surface area contributed by atoms with Crippen LogP contribution in [0, 0.1) is 5.82 Å². The average molecular weight is 311 g/mol. The Labute approximate surface area is 103 Å². The number of benzene rings is 1. The van der Waals surface area contributed by atoms with Crippen LogP contribution in [0.2, 0.25) is 0 Å². The Morgan fingerprint density at radius 1 is 1.44 bits per heavy atom. The molecule has 0 unspecified atom stereocenters. The van der Waals surface area contributed by atoms with Crippen LogP contribution in [0.5, 0.6) is 5.75 Å². The summed E-state index contributed by atoms with van der Waals surface area (Å²) in [5, 5.41) is 0. The van der Waals surface area contributed by atoms with Crippen molar-refractivity contribution in [2.24, 2.45) is 0 Å². The Balaban J connectivity index is 2.53. The molecule has 0 heterocycles. The molecule has 1 rings (SSSR count). The van der Waals surface area contributed by atoms with Gasteiger partial charge < -0.3 is 4.74 Å². The van der Waals surface area contributed by atoms with Gasteiger partial charge in [0.25, 0.3) is 0 Å². The molecule has 1 aromatic rings. The number of rotatable bonds is 5. The van der Waals surface area contributed by atoms with Gasteiger partial charge in [-0.1, -0.05) is 6.92 Å². The van der Waals surface area contributed by atoms with Gasteiger partial charge >= 0.3 is 0 Å². The topological polar surface area (TPSA) is 43.4 Å². The smallest absolute Gasteiger partial charge is 0.153 e. The summed E-state index contributed by atoms with van der Waals surface area (Å²) in [5.74, 6) is -0.0745. The average Bonchev–Trinajstić information content (AvgIpc) is 2.23. The minimum Gasteiger partial charge on any atom is -0.492 e. The summed E-state index contributed by atoms with van der Waals surface area (Å²) in [5.41, 5.74) is 0. The molecule has 0 aliphatic carbocycles. The van der Waals surface area contributed by atoms with Crippen LogP contribution in [0.3, 0.4) is 0 Å². The van der Waals surface area contributed by atoms with Crippen LogP contribution in [-0.2, 0) is 9.84 Å². The second kappa shape index (κ2) is 5.63. The van der Waals surface area contributed by atoms with E-state index in [0.29, 0.717) is 10.2 Å². The fourth-order valence-corrected chi connectivity index (χ4v) is 1.87. The molecule has 0 bridgehead atoms. The molecule has 0 atom stereocenters. The van der Waals surface area contributed by atoms with Crippen molar-refractivity contribution >= 4 is 25.8 Å². The molecular formula is C10H12BrFO3S. The van der Waals surface area contributed by atoms with Crippen molar-refractivity contribution in [2.75, 3.05) is 18.1 Å². The molecule has 0 N–H and O–H groups in total. The normalized spacial score (nSPS) is 11.4. The molecule has 0 saturated heterocycles. The first-order valence-electron chi connectivity index (χ1n) is 4.73. The van der Waals surface area contributed by atoms with Crippen LogP contribution in [0.4, 0.5) is 4.39 Å². The molecule has 0 aromatic heterocycles. The number of hydrogen-bond donors (Lipinski definition) is 0. The van der Waals surface area contributed by atoms with Crippen molar-refractivity contribution in [3.05, 3.63) is 28.5 Å². The minimum atomic E-state index is -3.04. The number of ether oxygens (including phenoxy) is 1. The monoisotopic (exact) mass is 310 g/mol. The van der Waals surface area contributed by atoms with Gasteiger partial charge in [0.1, 0.15) is 18.2 Å². The van der Waals surface area contributed by atoms with Gasteiger partial charge in [0.15, 0.2) is 9.84 Å². The highest BCUT2D eigenvalue weighted by Gasteiger charge is 2.08. The molecule has 0 amide bonds. The molecule has 16 heavy (non-hydrogen) atoms. The van der Waals surface area contributed by atoms with Crippen molar-refractivity contribution in [3.63, 3.8) is 0 Å². The van der Waals surface area contributed by atoms with Gasteiger partial charge in [0, 0.05) is 11.8 Å². The second-order valence-corrected chi connectivity index (χ2v) is 6.49. The lowest BCUT2D eigenvalue weighted by Crippen LogP contribution is -2.15. The third-order valence-corrected chi connectivity index (χ3v) is 4.31. The summed E-state index contributed by atoms with van der Waals surface area (Å²) >= 11 is 3.01. The van der Waals surface area contributed by atoms with Gasteiger partial charge in [-0.2, -0.15) is 0 Å². The zero-order valence-corrected chi connectivity index (χ0v) is 11.1. The van der Waals surface area contributed by atoms with E-state index in [1.807, 2.05) is 0 Å². The zero-order chi connectivity index (χ0) is 12.2. The third kappa shape index (κ3) is 4.09. The molecule has 0 radical (unpaired) electrons. The molecule has 1 aromatic carbocycles. The summed E-state index contributed by atoms with van der Waals surface area (Å²) in [4.78, 5) is 0. The van der Waals surface area contributed by atoms with Crippen LogP contribution in [0.1, 0.15) is 6.92 Å². The van der Waals surface area contributed by atoms with E-state index in [2.05, 4.69) is 15.9 Å². The highest BCUT2D eigenvalue weighted by Crippen LogP contribution is 2.20. The lowest BCUT2D eigenvalue weighted by atomic mass is 10.3. The van der Waals surface area contributed by atoms with Crippen molar-refractivity contribution in [3.8, 4) is 5.75 Å². The first-order chi connectivity index (χ1) is 7.44. The van der Waals surface area contributed by atoms with Crippen molar-refractivity contribution < 1.29 is 17.5 Å². The fourth-order valence-electron chi connectivity index (χ4n) is 0.997. The largest absolute Gasteiger partial charge is 0.492 e. The zero-order valence-electron chi connectivity index (χ0n) is 8.74. The van der Waals surface area contributed by atoms with E-state index in [0.717, 1.165) is 0 Å². The van der Waals surface area contributed by atoms with Crippen LogP contribution in [0.15, 0.2) is 22.7 Å². The van der Waals surface area contributed by atoms with Gasteiger partial charge in [-0.25, -0.2) is 12.8 Å². The molecular weight excluding hydrogens is 299 g/mol. The summed E-state index contributed by atoms with van der Waals surface area (Å²) in [6.07, 6.45) is 0. The molecule has 3 nitrogen and oxygen atoms in total. The van der Waals surface area contributed by atoms with E-state index in [1.54, 1.807) is 13.0 Å². The van der Waals surface area contributed by atoms with Gasteiger partial charge in [0.2, 0.25) is 0 Å². The van der Waals surface area contributed by atoms with E-state index in [9.17, 15) is 12.8 Å².